The van der Waals surface area contributed by atoms with Crippen molar-refractivity contribution < 1.29 is 19.2 Å². The molecule has 2 fully saturated rings. The summed E-state index contributed by atoms with van der Waals surface area (Å²) in [5, 5.41) is 16.1. The highest BCUT2D eigenvalue weighted by atomic mass is 16.5. The Morgan fingerprint density at radius 1 is 1.43 bits per heavy atom. The van der Waals surface area contributed by atoms with Crippen LogP contribution in [0.1, 0.15) is 42.3 Å². The number of nitrogens with one attached hydrogen (secondary N) is 1. The van der Waals surface area contributed by atoms with Crippen LogP contribution in [0.15, 0.2) is 4.52 Å². The Bertz CT molecular complexity index is 552. The van der Waals surface area contributed by atoms with E-state index < -0.39 is 11.9 Å². The van der Waals surface area contributed by atoms with Gasteiger partial charge in [-0.15, -0.1) is 0 Å². The van der Waals surface area contributed by atoms with Crippen molar-refractivity contribution in [2.24, 2.45) is 11.8 Å². The average Bonchev–Trinajstić information content (AvgIpc) is 3.17. The lowest BCUT2D eigenvalue weighted by Crippen LogP contribution is -2.30. The Balaban J connectivity index is 1.70. The number of aromatic nitrogens is 2. The zero-order chi connectivity index (χ0) is 15.0. The first-order valence-electron chi connectivity index (χ1n) is 7.15. The first kappa shape index (κ1) is 14.0. The largest absolute Gasteiger partial charge is 0.481 e. The topological polar surface area (TPSA) is 109 Å². The summed E-state index contributed by atoms with van der Waals surface area (Å²) in [7, 11) is 0. The van der Waals surface area contributed by atoms with Gasteiger partial charge in [-0.25, -0.2) is 0 Å². The summed E-state index contributed by atoms with van der Waals surface area (Å²) >= 11 is 0. The molecule has 3 atom stereocenters. The molecule has 1 aromatic rings. The number of likely N-dealkylation sites (tertiary alicyclic amines) is 1. The number of hydrogen-bond acceptors (Lipinski definition) is 6. The van der Waals surface area contributed by atoms with Gasteiger partial charge in [0.2, 0.25) is 5.89 Å². The van der Waals surface area contributed by atoms with Gasteiger partial charge in [0.25, 0.3) is 11.7 Å². The maximum Gasteiger partial charge on any atom is 0.308 e. The fourth-order valence-corrected chi connectivity index (χ4v) is 2.95. The van der Waals surface area contributed by atoms with Crippen LogP contribution in [0, 0.1) is 11.8 Å². The van der Waals surface area contributed by atoms with Crippen LogP contribution in [0.2, 0.25) is 0 Å². The third-order valence-corrected chi connectivity index (χ3v) is 4.21. The van der Waals surface area contributed by atoms with Gasteiger partial charge in [0.05, 0.1) is 12.0 Å². The third-order valence-electron chi connectivity index (χ3n) is 4.21. The van der Waals surface area contributed by atoms with E-state index in [0.29, 0.717) is 12.4 Å². The molecule has 1 aromatic heterocycles. The fourth-order valence-electron chi connectivity index (χ4n) is 2.95. The zero-order valence-electron chi connectivity index (χ0n) is 11.8. The molecule has 2 N–H and O–H groups in total. The van der Waals surface area contributed by atoms with E-state index in [1.807, 2.05) is 6.92 Å². The molecule has 8 heteroatoms. The molecule has 1 amide bonds. The lowest BCUT2D eigenvalue weighted by molar-refractivity contribution is -0.142. The molecular weight excluding hydrogens is 276 g/mol. The van der Waals surface area contributed by atoms with Crippen LogP contribution in [0.25, 0.3) is 0 Å². The van der Waals surface area contributed by atoms with Gasteiger partial charge < -0.3 is 19.8 Å². The number of amides is 1. The predicted octanol–water partition coefficient (Wildman–Crippen LogP) is 0.287. The molecule has 114 valence electrons. The summed E-state index contributed by atoms with van der Waals surface area (Å²) in [5.74, 6) is -1.40. The molecule has 3 heterocycles. The van der Waals surface area contributed by atoms with E-state index in [4.69, 9.17) is 9.63 Å². The Kier molecular flexibility index (Phi) is 3.62. The van der Waals surface area contributed by atoms with E-state index in [1.165, 1.54) is 4.90 Å². The number of carbonyl (C=O) groups excluding carboxylic acids is 1. The van der Waals surface area contributed by atoms with Crippen LogP contribution >= 0.6 is 0 Å². The summed E-state index contributed by atoms with van der Waals surface area (Å²) in [6, 6.07) is 0.0170. The SMILES string of the molecule is C[C@@H]1CN(C(=O)c2noc(C3CCCN3)n2)C[C@H]1C(=O)O. The number of carbonyl (C=O) groups is 2. The maximum atomic E-state index is 12.3. The molecule has 2 saturated heterocycles. The van der Waals surface area contributed by atoms with Crippen LogP contribution in [-0.2, 0) is 4.79 Å². The van der Waals surface area contributed by atoms with Gasteiger partial charge in [-0.05, 0) is 25.3 Å². The highest BCUT2D eigenvalue weighted by Gasteiger charge is 2.38. The molecule has 1 unspecified atom stereocenters. The van der Waals surface area contributed by atoms with Crippen molar-refractivity contribution >= 4 is 11.9 Å². The standard InChI is InChI=1S/C13H18N4O4/c1-7-5-17(6-8(7)13(19)20)12(18)10-15-11(21-16-10)9-3-2-4-14-9/h7-9,14H,2-6H2,1H3,(H,19,20)/t7-,8-,9?/m1/s1. The van der Waals surface area contributed by atoms with Gasteiger partial charge in [-0.2, -0.15) is 4.98 Å². The summed E-state index contributed by atoms with van der Waals surface area (Å²) in [4.78, 5) is 29.1. The molecule has 0 aliphatic carbocycles. The van der Waals surface area contributed by atoms with Crippen molar-refractivity contribution in [3.8, 4) is 0 Å². The Hall–Kier alpha value is -1.96. The molecule has 0 bridgehead atoms. The molecule has 3 rings (SSSR count). The maximum absolute atomic E-state index is 12.3. The third kappa shape index (κ3) is 2.63. The van der Waals surface area contributed by atoms with Crippen LogP contribution in [0.4, 0.5) is 0 Å². The summed E-state index contributed by atoms with van der Waals surface area (Å²) in [6.07, 6.45) is 1.96. The molecule has 0 saturated carbocycles. The first-order chi connectivity index (χ1) is 10.1. The molecule has 8 nitrogen and oxygen atoms in total. The number of nitrogens with zero attached hydrogens (tertiary/aromatic N) is 3. The molecule has 2 aliphatic heterocycles. The smallest absolute Gasteiger partial charge is 0.308 e. The van der Waals surface area contributed by atoms with Gasteiger partial charge >= 0.3 is 5.97 Å². The van der Waals surface area contributed by atoms with Crippen LogP contribution in [0.5, 0.6) is 0 Å². The van der Waals surface area contributed by atoms with E-state index in [1.54, 1.807) is 0 Å². The summed E-state index contributed by atoms with van der Waals surface area (Å²) in [5.41, 5.74) is 0. The second-order valence-electron chi connectivity index (χ2n) is 5.74. The van der Waals surface area contributed by atoms with Gasteiger partial charge in [-0.1, -0.05) is 12.1 Å². The Labute approximate surface area is 121 Å². The number of carboxylic acids is 1. The van der Waals surface area contributed by atoms with Crippen molar-refractivity contribution in [2.75, 3.05) is 19.6 Å². The van der Waals surface area contributed by atoms with E-state index in [-0.39, 0.29) is 30.2 Å². The molecule has 0 spiro atoms. The number of rotatable bonds is 3. The number of carboxylic acid groups (broad SMARTS) is 1. The molecular formula is C13H18N4O4. The number of aliphatic carboxylic acids is 1. The zero-order valence-corrected chi connectivity index (χ0v) is 11.8. The Morgan fingerprint density at radius 2 is 2.24 bits per heavy atom. The van der Waals surface area contributed by atoms with Crippen molar-refractivity contribution in [1.29, 1.82) is 0 Å². The first-order valence-corrected chi connectivity index (χ1v) is 7.15. The summed E-state index contributed by atoms with van der Waals surface area (Å²) in [6.45, 7) is 3.33. The van der Waals surface area contributed by atoms with Gasteiger partial charge in [-0.3, -0.25) is 9.59 Å². The van der Waals surface area contributed by atoms with Gasteiger partial charge in [0.1, 0.15) is 0 Å². The van der Waals surface area contributed by atoms with Crippen LogP contribution < -0.4 is 5.32 Å². The summed E-state index contributed by atoms with van der Waals surface area (Å²) < 4.78 is 5.14. The predicted molar refractivity (Wildman–Crippen MR) is 70.5 cm³/mol. The molecule has 0 radical (unpaired) electrons. The van der Waals surface area contributed by atoms with Gasteiger partial charge in [0.15, 0.2) is 0 Å². The van der Waals surface area contributed by atoms with E-state index in [0.717, 1.165) is 19.4 Å². The average molecular weight is 294 g/mol. The fraction of sp³-hybridized carbons (Fsp3) is 0.692. The van der Waals surface area contributed by atoms with Crippen molar-refractivity contribution in [1.82, 2.24) is 20.4 Å². The Morgan fingerprint density at radius 3 is 2.86 bits per heavy atom. The second-order valence-corrected chi connectivity index (χ2v) is 5.74. The van der Waals surface area contributed by atoms with Crippen LogP contribution in [0.3, 0.4) is 0 Å². The van der Waals surface area contributed by atoms with Crippen LogP contribution in [-0.4, -0.2) is 51.7 Å². The highest BCUT2D eigenvalue weighted by Crippen LogP contribution is 2.25. The quantitative estimate of drug-likeness (QED) is 0.824. The van der Waals surface area contributed by atoms with Crippen molar-refractivity contribution in [3.63, 3.8) is 0 Å². The van der Waals surface area contributed by atoms with E-state index >= 15 is 0 Å². The van der Waals surface area contributed by atoms with Crippen molar-refractivity contribution in [3.05, 3.63) is 11.7 Å². The number of hydrogen-bond donors (Lipinski definition) is 2. The molecule has 2 aliphatic rings. The van der Waals surface area contributed by atoms with E-state index in [9.17, 15) is 9.59 Å². The van der Waals surface area contributed by atoms with Gasteiger partial charge in [0, 0.05) is 13.1 Å². The lowest BCUT2D eigenvalue weighted by atomic mass is 9.99. The lowest BCUT2D eigenvalue weighted by Gasteiger charge is -2.12. The molecule has 0 aromatic carbocycles. The minimum absolute atomic E-state index is 0.0111. The monoisotopic (exact) mass is 294 g/mol. The second kappa shape index (κ2) is 5.44. The van der Waals surface area contributed by atoms with E-state index in [2.05, 4.69) is 15.5 Å². The normalized spacial score (nSPS) is 29.0. The van der Waals surface area contributed by atoms with Crippen molar-refractivity contribution in [2.45, 2.75) is 25.8 Å². The minimum Gasteiger partial charge on any atom is -0.481 e. The minimum atomic E-state index is -0.873. The highest BCUT2D eigenvalue weighted by molar-refractivity contribution is 5.91. The molecule has 21 heavy (non-hydrogen) atoms.